The lowest BCUT2D eigenvalue weighted by Crippen LogP contribution is -2.34. The van der Waals surface area contributed by atoms with Crippen molar-refractivity contribution in [1.29, 1.82) is 0 Å². The number of hydrogen-bond donors (Lipinski definition) is 2. The highest BCUT2D eigenvalue weighted by molar-refractivity contribution is 5.20. The van der Waals surface area contributed by atoms with Crippen LogP contribution in [0.15, 0.2) is 91.0 Å². The largest absolute Gasteiger partial charge is 0.313 e. The van der Waals surface area contributed by atoms with Crippen LogP contribution in [0.1, 0.15) is 35.7 Å². The van der Waals surface area contributed by atoms with Gasteiger partial charge in [-0.1, -0.05) is 91.0 Å². The molecule has 2 N–H and O–H groups in total. The second kappa shape index (κ2) is 13.3. The number of nitrogens with one attached hydrogen (secondary N) is 2. The van der Waals surface area contributed by atoms with Gasteiger partial charge in [0.05, 0.1) is 6.17 Å². The van der Waals surface area contributed by atoms with Gasteiger partial charge in [0.1, 0.15) is 0 Å². The standard InChI is InChI=1S/C29H38N4/c1-4-12-26(13-5-1)24-30-18-10-20-32-22-23-33(29(32)28-16-8-3-9-17-28)21-11-19-31-25-27-14-6-2-7-15-27/h1-9,12-17,29-31H,10-11,18-25H2. The van der Waals surface area contributed by atoms with E-state index < -0.39 is 0 Å². The minimum atomic E-state index is 0.398. The van der Waals surface area contributed by atoms with Gasteiger partial charge in [-0.25, -0.2) is 0 Å². The van der Waals surface area contributed by atoms with Gasteiger partial charge in [0.2, 0.25) is 0 Å². The van der Waals surface area contributed by atoms with Crippen LogP contribution in [-0.2, 0) is 13.1 Å². The molecular weight excluding hydrogens is 404 g/mol. The molecule has 0 amide bonds. The van der Waals surface area contributed by atoms with Crippen LogP contribution in [0.5, 0.6) is 0 Å². The Kier molecular flexibility index (Phi) is 9.51. The zero-order valence-corrected chi connectivity index (χ0v) is 19.7. The maximum atomic E-state index is 3.60. The first-order valence-electron chi connectivity index (χ1n) is 12.4. The Morgan fingerprint density at radius 3 is 1.45 bits per heavy atom. The number of benzene rings is 3. The monoisotopic (exact) mass is 442 g/mol. The van der Waals surface area contributed by atoms with Crippen molar-refractivity contribution >= 4 is 0 Å². The van der Waals surface area contributed by atoms with Crippen LogP contribution in [0.3, 0.4) is 0 Å². The van der Waals surface area contributed by atoms with E-state index >= 15 is 0 Å². The summed E-state index contributed by atoms with van der Waals surface area (Å²) in [5.41, 5.74) is 4.13. The van der Waals surface area contributed by atoms with Crippen LogP contribution < -0.4 is 10.6 Å². The summed E-state index contributed by atoms with van der Waals surface area (Å²) in [6, 6.07) is 32.4. The van der Waals surface area contributed by atoms with Crippen molar-refractivity contribution in [1.82, 2.24) is 20.4 Å². The van der Waals surface area contributed by atoms with Crippen molar-refractivity contribution in [2.75, 3.05) is 39.3 Å². The van der Waals surface area contributed by atoms with E-state index in [1.54, 1.807) is 0 Å². The third-order valence-electron chi connectivity index (χ3n) is 6.41. The third kappa shape index (κ3) is 7.51. The first-order chi connectivity index (χ1) is 16.4. The first kappa shape index (κ1) is 23.7. The van der Waals surface area contributed by atoms with E-state index in [2.05, 4.69) is 111 Å². The van der Waals surface area contributed by atoms with Crippen molar-refractivity contribution in [3.05, 3.63) is 108 Å². The van der Waals surface area contributed by atoms with Crippen LogP contribution >= 0.6 is 0 Å². The summed E-state index contributed by atoms with van der Waals surface area (Å²) in [7, 11) is 0. The van der Waals surface area contributed by atoms with Crippen LogP contribution in [0.4, 0.5) is 0 Å². The molecule has 174 valence electrons. The summed E-state index contributed by atoms with van der Waals surface area (Å²) in [5, 5.41) is 7.21. The molecule has 0 aliphatic carbocycles. The van der Waals surface area contributed by atoms with Crippen molar-refractivity contribution < 1.29 is 0 Å². The molecule has 0 radical (unpaired) electrons. The Morgan fingerprint density at radius 1 is 0.576 bits per heavy atom. The molecular formula is C29H38N4. The van der Waals surface area contributed by atoms with E-state index in [-0.39, 0.29) is 0 Å². The van der Waals surface area contributed by atoms with E-state index in [1.165, 1.54) is 29.5 Å². The SMILES string of the molecule is c1ccc(CNCCCN2CCN(CCCNCc3ccccc3)C2c2ccccc2)cc1. The molecule has 1 aliphatic rings. The summed E-state index contributed by atoms with van der Waals surface area (Å²) >= 11 is 0. The number of rotatable bonds is 13. The highest BCUT2D eigenvalue weighted by atomic mass is 15.4. The van der Waals surface area contributed by atoms with Gasteiger partial charge in [-0.05, 0) is 42.6 Å². The second-order valence-electron chi connectivity index (χ2n) is 8.89. The molecule has 1 fully saturated rings. The molecule has 0 atom stereocenters. The highest BCUT2D eigenvalue weighted by Crippen LogP contribution is 2.30. The molecule has 4 rings (SSSR count). The van der Waals surface area contributed by atoms with Crippen LogP contribution in [0, 0.1) is 0 Å². The minimum absolute atomic E-state index is 0.398. The Bertz CT molecular complexity index is 843. The van der Waals surface area contributed by atoms with Gasteiger partial charge in [-0.2, -0.15) is 0 Å². The fraction of sp³-hybridized carbons (Fsp3) is 0.379. The van der Waals surface area contributed by atoms with Crippen LogP contribution in [0.25, 0.3) is 0 Å². The van der Waals surface area contributed by atoms with Crippen molar-refractivity contribution in [2.24, 2.45) is 0 Å². The highest BCUT2D eigenvalue weighted by Gasteiger charge is 2.32. The van der Waals surface area contributed by atoms with E-state index in [9.17, 15) is 0 Å². The van der Waals surface area contributed by atoms with Gasteiger partial charge in [0.25, 0.3) is 0 Å². The minimum Gasteiger partial charge on any atom is -0.313 e. The number of nitrogens with zero attached hydrogens (tertiary/aromatic N) is 2. The maximum Gasteiger partial charge on any atom is 0.0887 e. The summed E-state index contributed by atoms with van der Waals surface area (Å²) in [5.74, 6) is 0. The Balaban J connectivity index is 1.22. The topological polar surface area (TPSA) is 30.5 Å². The lowest BCUT2D eigenvalue weighted by Gasteiger charge is -2.31. The maximum absolute atomic E-state index is 3.60. The predicted molar refractivity (Wildman–Crippen MR) is 138 cm³/mol. The summed E-state index contributed by atoms with van der Waals surface area (Å²) in [6.07, 6.45) is 2.74. The van der Waals surface area contributed by atoms with Gasteiger partial charge < -0.3 is 10.6 Å². The molecule has 0 saturated carbocycles. The van der Waals surface area contributed by atoms with Gasteiger partial charge in [0.15, 0.2) is 0 Å². The second-order valence-corrected chi connectivity index (χ2v) is 8.89. The molecule has 0 aromatic heterocycles. The molecule has 1 heterocycles. The third-order valence-corrected chi connectivity index (χ3v) is 6.41. The molecule has 33 heavy (non-hydrogen) atoms. The molecule has 4 heteroatoms. The van der Waals surface area contributed by atoms with Gasteiger partial charge in [-0.3, -0.25) is 9.80 Å². The van der Waals surface area contributed by atoms with Crippen LogP contribution in [0.2, 0.25) is 0 Å². The first-order valence-corrected chi connectivity index (χ1v) is 12.4. The lowest BCUT2D eigenvalue weighted by molar-refractivity contribution is 0.135. The van der Waals surface area contributed by atoms with Gasteiger partial charge in [-0.15, -0.1) is 0 Å². The zero-order valence-electron chi connectivity index (χ0n) is 19.7. The van der Waals surface area contributed by atoms with Crippen LogP contribution in [-0.4, -0.2) is 49.1 Å². The molecule has 0 spiro atoms. The fourth-order valence-corrected chi connectivity index (χ4v) is 4.72. The fourth-order valence-electron chi connectivity index (χ4n) is 4.72. The summed E-state index contributed by atoms with van der Waals surface area (Å²) in [6.45, 7) is 8.56. The molecule has 3 aromatic rings. The van der Waals surface area contributed by atoms with Gasteiger partial charge >= 0.3 is 0 Å². The van der Waals surface area contributed by atoms with E-state index in [0.717, 1.165) is 52.4 Å². The molecule has 4 nitrogen and oxygen atoms in total. The summed E-state index contributed by atoms with van der Waals surface area (Å²) < 4.78 is 0. The Labute approximate surface area is 199 Å². The smallest absolute Gasteiger partial charge is 0.0887 e. The summed E-state index contributed by atoms with van der Waals surface area (Å²) in [4.78, 5) is 5.33. The van der Waals surface area contributed by atoms with E-state index in [4.69, 9.17) is 0 Å². The van der Waals surface area contributed by atoms with Gasteiger partial charge in [0, 0.05) is 39.3 Å². The van der Waals surface area contributed by atoms with Crippen molar-refractivity contribution in [3.8, 4) is 0 Å². The van der Waals surface area contributed by atoms with Crippen molar-refractivity contribution in [2.45, 2.75) is 32.1 Å². The Hall–Kier alpha value is -2.50. The average Bonchev–Trinajstić information content (AvgIpc) is 3.28. The molecule has 1 aliphatic heterocycles. The van der Waals surface area contributed by atoms with E-state index in [1.807, 2.05) is 0 Å². The normalized spacial score (nSPS) is 15.3. The average molecular weight is 443 g/mol. The number of hydrogen-bond acceptors (Lipinski definition) is 4. The zero-order chi connectivity index (χ0) is 22.6. The Morgan fingerprint density at radius 2 is 1.00 bits per heavy atom. The molecule has 0 unspecified atom stereocenters. The molecule has 0 bridgehead atoms. The molecule has 1 saturated heterocycles. The molecule has 3 aromatic carbocycles. The predicted octanol–water partition coefficient (Wildman–Crippen LogP) is 4.66. The lowest BCUT2D eigenvalue weighted by atomic mass is 10.1. The van der Waals surface area contributed by atoms with Crippen molar-refractivity contribution in [3.63, 3.8) is 0 Å². The quantitative estimate of drug-likeness (QED) is 0.377. The van der Waals surface area contributed by atoms with E-state index in [0.29, 0.717) is 6.17 Å².